The summed E-state index contributed by atoms with van der Waals surface area (Å²) in [7, 11) is -2.34. The van der Waals surface area contributed by atoms with Crippen LogP contribution in [0.15, 0.2) is 23.1 Å². The van der Waals surface area contributed by atoms with Gasteiger partial charge in [-0.25, -0.2) is 8.42 Å². The lowest BCUT2D eigenvalue weighted by Gasteiger charge is -2.19. The molecular formula is C13H17NO4S. The minimum absolute atomic E-state index is 0.00859. The third-order valence-corrected chi connectivity index (χ3v) is 4.59. The maximum Gasteiger partial charge on any atom is 0.247 e. The summed E-state index contributed by atoms with van der Waals surface area (Å²) in [5, 5.41) is 9.11. The van der Waals surface area contributed by atoms with Crippen LogP contribution in [0.5, 0.6) is 5.75 Å². The van der Waals surface area contributed by atoms with Crippen LogP contribution in [0.1, 0.15) is 12.5 Å². The molecule has 0 radical (unpaired) electrons. The van der Waals surface area contributed by atoms with Crippen molar-refractivity contribution in [2.45, 2.75) is 18.4 Å². The van der Waals surface area contributed by atoms with Gasteiger partial charge < -0.3 is 9.84 Å². The van der Waals surface area contributed by atoms with Crippen LogP contribution >= 0.6 is 0 Å². The van der Waals surface area contributed by atoms with Gasteiger partial charge in [-0.15, -0.1) is 6.42 Å². The molecule has 104 valence electrons. The van der Waals surface area contributed by atoms with Crippen LogP contribution < -0.4 is 4.74 Å². The van der Waals surface area contributed by atoms with Crippen molar-refractivity contribution in [3.05, 3.63) is 23.8 Å². The molecule has 0 amide bonds. The normalized spacial score (nSPS) is 11.3. The summed E-state index contributed by atoms with van der Waals surface area (Å²) in [5.41, 5.74) is 0.496. The van der Waals surface area contributed by atoms with Crippen molar-refractivity contribution in [1.29, 1.82) is 0 Å². The van der Waals surface area contributed by atoms with Gasteiger partial charge in [0.2, 0.25) is 10.0 Å². The minimum atomic E-state index is -3.73. The van der Waals surface area contributed by atoms with Crippen LogP contribution in [0.25, 0.3) is 0 Å². The molecule has 0 heterocycles. The summed E-state index contributed by atoms with van der Waals surface area (Å²) in [6.45, 7) is 1.72. The number of rotatable bonds is 6. The molecule has 0 saturated heterocycles. The van der Waals surface area contributed by atoms with E-state index in [4.69, 9.17) is 16.3 Å². The first-order valence-electron chi connectivity index (χ1n) is 5.72. The molecule has 1 N–H and O–H groups in total. The fourth-order valence-corrected chi connectivity index (χ4v) is 3.20. The lowest BCUT2D eigenvalue weighted by Crippen LogP contribution is -2.31. The van der Waals surface area contributed by atoms with E-state index >= 15 is 0 Å². The third-order valence-electron chi connectivity index (χ3n) is 2.65. The second-order valence-corrected chi connectivity index (χ2v) is 5.69. The summed E-state index contributed by atoms with van der Waals surface area (Å²) in [5.74, 6) is 2.55. The first-order chi connectivity index (χ1) is 9.01. The van der Waals surface area contributed by atoms with Crippen LogP contribution in [0.2, 0.25) is 0 Å². The number of hydrogen-bond donors (Lipinski definition) is 1. The molecule has 0 atom stereocenters. The van der Waals surface area contributed by atoms with Crippen molar-refractivity contribution >= 4 is 10.0 Å². The Morgan fingerprint density at radius 1 is 1.47 bits per heavy atom. The maximum atomic E-state index is 12.5. The Morgan fingerprint density at radius 2 is 2.16 bits per heavy atom. The molecule has 0 fully saturated rings. The van der Waals surface area contributed by atoms with Gasteiger partial charge in [0, 0.05) is 6.54 Å². The van der Waals surface area contributed by atoms with Gasteiger partial charge in [0.1, 0.15) is 10.6 Å². The summed E-state index contributed by atoms with van der Waals surface area (Å²) >= 11 is 0. The Morgan fingerprint density at radius 3 is 2.63 bits per heavy atom. The zero-order chi connectivity index (χ0) is 14.5. The summed E-state index contributed by atoms with van der Waals surface area (Å²) in [6, 6.07) is 4.52. The van der Waals surface area contributed by atoms with Crippen molar-refractivity contribution in [3.8, 4) is 18.1 Å². The maximum absolute atomic E-state index is 12.5. The number of benzene rings is 1. The number of terminal acetylenes is 1. The quantitative estimate of drug-likeness (QED) is 0.785. The molecule has 0 unspecified atom stereocenters. The van der Waals surface area contributed by atoms with Crippen LogP contribution in [-0.4, -0.2) is 38.0 Å². The van der Waals surface area contributed by atoms with Crippen molar-refractivity contribution in [1.82, 2.24) is 4.31 Å². The predicted octanol–water partition coefficient (Wildman–Crippen LogP) is 0.831. The van der Waals surface area contributed by atoms with E-state index in [0.29, 0.717) is 5.56 Å². The van der Waals surface area contributed by atoms with Gasteiger partial charge in [-0.3, -0.25) is 0 Å². The lowest BCUT2D eigenvalue weighted by atomic mass is 10.2. The number of aliphatic hydroxyl groups excluding tert-OH is 1. The number of methoxy groups -OCH3 is 1. The molecule has 0 spiro atoms. The minimum Gasteiger partial charge on any atom is -0.495 e. The Labute approximate surface area is 113 Å². The first-order valence-corrected chi connectivity index (χ1v) is 7.16. The zero-order valence-electron chi connectivity index (χ0n) is 11.0. The van der Waals surface area contributed by atoms with Gasteiger partial charge >= 0.3 is 0 Å². The number of aliphatic hydroxyl groups is 1. The van der Waals surface area contributed by atoms with E-state index in [-0.39, 0.29) is 30.3 Å². The smallest absolute Gasteiger partial charge is 0.247 e. The second-order valence-electron chi connectivity index (χ2n) is 3.78. The topological polar surface area (TPSA) is 66.8 Å². The van der Waals surface area contributed by atoms with Crippen LogP contribution in [0.4, 0.5) is 0 Å². The summed E-state index contributed by atoms with van der Waals surface area (Å²) < 4.78 is 31.2. The van der Waals surface area contributed by atoms with E-state index in [9.17, 15) is 8.42 Å². The molecular weight excluding hydrogens is 266 g/mol. The Kier molecular flexibility index (Phi) is 5.36. The Bertz CT molecular complexity index is 575. The molecule has 1 rings (SSSR count). The van der Waals surface area contributed by atoms with Gasteiger partial charge in [-0.05, 0) is 17.7 Å². The molecule has 5 nitrogen and oxygen atoms in total. The van der Waals surface area contributed by atoms with E-state index in [0.717, 1.165) is 0 Å². The summed E-state index contributed by atoms with van der Waals surface area (Å²) in [4.78, 5) is 0.0126. The number of nitrogens with zero attached hydrogens (tertiary/aromatic N) is 1. The molecule has 1 aromatic rings. The molecule has 0 bridgehead atoms. The van der Waals surface area contributed by atoms with Gasteiger partial charge in [0.05, 0.1) is 20.3 Å². The van der Waals surface area contributed by atoms with E-state index in [2.05, 4.69) is 5.92 Å². The second kappa shape index (κ2) is 6.57. The van der Waals surface area contributed by atoms with Crippen LogP contribution in [-0.2, 0) is 16.6 Å². The largest absolute Gasteiger partial charge is 0.495 e. The van der Waals surface area contributed by atoms with Gasteiger partial charge in [-0.1, -0.05) is 18.9 Å². The SMILES string of the molecule is C#CCN(CC)S(=O)(=O)c1cc(CO)ccc1OC. The van der Waals surface area contributed by atoms with E-state index in [1.54, 1.807) is 13.0 Å². The fourth-order valence-electron chi connectivity index (χ4n) is 1.63. The molecule has 19 heavy (non-hydrogen) atoms. The Hall–Kier alpha value is -1.55. The standard InChI is InChI=1S/C13H17NO4S/c1-4-8-14(5-2)19(16,17)13-9-11(10-15)6-7-12(13)18-3/h1,6-7,9,15H,5,8,10H2,2-3H3. The first kappa shape index (κ1) is 15.5. The van der Waals surface area contributed by atoms with E-state index < -0.39 is 10.0 Å². The van der Waals surface area contributed by atoms with Gasteiger partial charge in [-0.2, -0.15) is 4.31 Å². The molecule has 1 aromatic carbocycles. The number of ether oxygens (including phenoxy) is 1. The highest BCUT2D eigenvalue weighted by atomic mass is 32.2. The van der Waals surface area contributed by atoms with E-state index in [1.165, 1.54) is 23.5 Å². The van der Waals surface area contributed by atoms with Gasteiger partial charge in [0.15, 0.2) is 0 Å². The van der Waals surface area contributed by atoms with Crippen LogP contribution in [0.3, 0.4) is 0 Å². The average Bonchev–Trinajstić information content (AvgIpc) is 2.43. The van der Waals surface area contributed by atoms with Crippen molar-refractivity contribution in [3.63, 3.8) is 0 Å². The van der Waals surface area contributed by atoms with Crippen molar-refractivity contribution in [2.75, 3.05) is 20.2 Å². The Balaban J connectivity index is 3.37. The number of hydrogen-bond acceptors (Lipinski definition) is 4. The highest BCUT2D eigenvalue weighted by Gasteiger charge is 2.26. The highest BCUT2D eigenvalue weighted by molar-refractivity contribution is 7.89. The molecule has 0 aliphatic rings. The molecule has 6 heteroatoms. The average molecular weight is 283 g/mol. The molecule has 0 aliphatic carbocycles. The predicted molar refractivity (Wildman–Crippen MR) is 72.2 cm³/mol. The van der Waals surface area contributed by atoms with E-state index in [1.807, 2.05) is 0 Å². The number of sulfonamides is 1. The van der Waals surface area contributed by atoms with Crippen LogP contribution in [0, 0.1) is 12.3 Å². The molecule has 0 aliphatic heterocycles. The fraction of sp³-hybridized carbons (Fsp3) is 0.385. The third kappa shape index (κ3) is 3.26. The molecule has 0 saturated carbocycles. The van der Waals surface area contributed by atoms with Gasteiger partial charge in [0.25, 0.3) is 0 Å². The monoisotopic (exact) mass is 283 g/mol. The zero-order valence-corrected chi connectivity index (χ0v) is 11.8. The lowest BCUT2D eigenvalue weighted by molar-refractivity contribution is 0.281. The molecule has 0 aromatic heterocycles. The highest BCUT2D eigenvalue weighted by Crippen LogP contribution is 2.27. The van der Waals surface area contributed by atoms with Crippen molar-refractivity contribution < 1.29 is 18.3 Å². The van der Waals surface area contributed by atoms with Crippen molar-refractivity contribution in [2.24, 2.45) is 0 Å². The summed E-state index contributed by atoms with van der Waals surface area (Å²) in [6.07, 6.45) is 5.18.